The largest absolute Gasteiger partial charge is 0.493 e. The normalized spacial score (nSPS) is 14.3. The molecule has 0 saturated carbocycles. The van der Waals surface area contributed by atoms with Gasteiger partial charge in [-0.15, -0.1) is 0 Å². The van der Waals surface area contributed by atoms with Gasteiger partial charge in [-0.3, -0.25) is 14.5 Å². The molecule has 4 rings (SSSR count). The fourth-order valence-electron chi connectivity index (χ4n) is 3.45. The first-order valence-electron chi connectivity index (χ1n) is 10.4. The first-order chi connectivity index (χ1) is 16.9. The zero-order valence-electron chi connectivity index (χ0n) is 18.5. The molecule has 3 aromatic carbocycles. The van der Waals surface area contributed by atoms with E-state index >= 15 is 0 Å². The highest BCUT2D eigenvalue weighted by molar-refractivity contribution is 14.1. The van der Waals surface area contributed by atoms with Crippen LogP contribution in [0.15, 0.2) is 70.0 Å². The Balaban J connectivity index is 1.55. The number of rotatable bonds is 7. The van der Waals surface area contributed by atoms with Crippen LogP contribution in [-0.4, -0.2) is 23.2 Å². The van der Waals surface area contributed by atoms with E-state index in [2.05, 4.69) is 44.6 Å². The zero-order chi connectivity index (χ0) is 24.9. The molecule has 1 aliphatic heterocycles. The molecule has 0 atom stereocenters. The number of methoxy groups -OCH3 is 1. The standard InChI is InChI=1S/C26H18BrIN2O4S/c1-33-22-11-16(10-21(28)24(22)34-15-19-8-3-2-6-17(19)13-29)12-23-25(31)30(26(32)35-23)14-18-7-4-5-9-20(18)27/h2-12H,14-15H2,1H3/b23-12-. The number of nitriles is 1. The first-order valence-corrected chi connectivity index (χ1v) is 13.1. The molecule has 1 fully saturated rings. The van der Waals surface area contributed by atoms with Gasteiger partial charge in [-0.1, -0.05) is 52.3 Å². The van der Waals surface area contributed by atoms with Gasteiger partial charge < -0.3 is 9.47 Å². The van der Waals surface area contributed by atoms with Crippen molar-refractivity contribution in [2.24, 2.45) is 0 Å². The van der Waals surface area contributed by atoms with Crippen LogP contribution in [0.2, 0.25) is 0 Å². The van der Waals surface area contributed by atoms with Crippen LogP contribution in [0.4, 0.5) is 4.79 Å². The van der Waals surface area contributed by atoms with Crippen molar-refractivity contribution in [3.8, 4) is 17.6 Å². The summed E-state index contributed by atoms with van der Waals surface area (Å²) in [5.74, 6) is 0.697. The van der Waals surface area contributed by atoms with Crippen molar-refractivity contribution >= 4 is 67.5 Å². The lowest BCUT2D eigenvalue weighted by atomic mass is 10.1. The van der Waals surface area contributed by atoms with Crippen molar-refractivity contribution in [2.45, 2.75) is 13.2 Å². The number of nitrogens with zero attached hydrogens (tertiary/aromatic N) is 2. The molecule has 176 valence electrons. The summed E-state index contributed by atoms with van der Waals surface area (Å²) in [5.41, 5.74) is 2.89. The smallest absolute Gasteiger partial charge is 0.293 e. The van der Waals surface area contributed by atoms with Crippen LogP contribution < -0.4 is 9.47 Å². The van der Waals surface area contributed by atoms with Crippen LogP contribution in [0.5, 0.6) is 11.5 Å². The first kappa shape index (κ1) is 25.3. The van der Waals surface area contributed by atoms with Crippen molar-refractivity contribution in [2.75, 3.05) is 7.11 Å². The van der Waals surface area contributed by atoms with Gasteiger partial charge in [0.05, 0.1) is 33.8 Å². The number of benzene rings is 3. The molecule has 1 saturated heterocycles. The molecule has 2 amide bonds. The average molecular weight is 661 g/mol. The van der Waals surface area contributed by atoms with Crippen molar-refractivity contribution in [3.63, 3.8) is 0 Å². The van der Waals surface area contributed by atoms with Crippen LogP contribution in [0.25, 0.3) is 6.08 Å². The van der Waals surface area contributed by atoms with Gasteiger partial charge in [0.2, 0.25) is 0 Å². The summed E-state index contributed by atoms with van der Waals surface area (Å²) in [6.07, 6.45) is 1.68. The van der Waals surface area contributed by atoms with E-state index in [-0.39, 0.29) is 24.3 Å². The van der Waals surface area contributed by atoms with Crippen LogP contribution in [0, 0.1) is 14.9 Å². The molecule has 0 spiro atoms. The number of carbonyl (C=O) groups is 2. The molecule has 0 bridgehead atoms. The summed E-state index contributed by atoms with van der Waals surface area (Å²) in [6, 6.07) is 20.5. The Morgan fingerprint density at radius 2 is 1.83 bits per heavy atom. The van der Waals surface area contributed by atoms with Crippen molar-refractivity contribution in [1.82, 2.24) is 4.90 Å². The molecular weight excluding hydrogens is 643 g/mol. The Labute approximate surface area is 229 Å². The number of hydrogen-bond acceptors (Lipinski definition) is 6. The molecule has 9 heteroatoms. The van der Waals surface area contributed by atoms with Gasteiger partial charge in [0.25, 0.3) is 11.1 Å². The minimum atomic E-state index is -0.335. The molecular formula is C26H18BrIN2O4S. The van der Waals surface area contributed by atoms with Gasteiger partial charge in [0.15, 0.2) is 11.5 Å². The molecule has 1 aliphatic rings. The number of ether oxygens (including phenoxy) is 2. The number of hydrogen-bond donors (Lipinski definition) is 0. The van der Waals surface area contributed by atoms with E-state index in [9.17, 15) is 14.9 Å². The Kier molecular flexibility index (Phi) is 8.15. The van der Waals surface area contributed by atoms with E-state index in [0.29, 0.717) is 27.5 Å². The summed E-state index contributed by atoms with van der Waals surface area (Å²) >= 11 is 6.52. The second-order valence-electron chi connectivity index (χ2n) is 7.45. The predicted molar refractivity (Wildman–Crippen MR) is 147 cm³/mol. The lowest BCUT2D eigenvalue weighted by molar-refractivity contribution is -0.123. The third-order valence-corrected chi connectivity index (χ3v) is 7.70. The molecule has 0 radical (unpaired) electrons. The Bertz CT molecular complexity index is 1390. The topological polar surface area (TPSA) is 79.6 Å². The van der Waals surface area contributed by atoms with Gasteiger partial charge in [-0.25, -0.2) is 0 Å². The number of amides is 2. The summed E-state index contributed by atoms with van der Waals surface area (Å²) < 4.78 is 13.2. The summed E-state index contributed by atoms with van der Waals surface area (Å²) in [6.45, 7) is 0.407. The number of thioether (sulfide) groups is 1. The highest BCUT2D eigenvalue weighted by atomic mass is 127. The minimum absolute atomic E-state index is 0.196. The van der Waals surface area contributed by atoms with Crippen LogP contribution in [0.3, 0.4) is 0 Å². The van der Waals surface area contributed by atoms with Gasteiger partial charge >= 0.3 is 0 Å². The number of carbonyl (C=O) groups excluding carboxylic acids is 2. The third kappa shape index (κ3) is 5.72. The summed E-state index contributed by atoms with van der Waals surface area (Å²) in [4.78, 5) is 27.1. The second-order valence-corrected chi connectivity index (χ2v) is 10.5. The van der Waals surface area contributed by atoms with Crippen molar-refractivity contribution in [1.29, 1.82) is 5.26 Å². The molecule has 35 heavy (non-hydrogen) atoms. The lowest BCUT2D eigenvalue weighted by Gasteiger charge is -2.14. The lowest BCUT2D eigenvalue weighted by Crippen LogP contribution is -2.27. The maximum Gasteiger partial charge on any atom is 0.293 e. The zero-order valence-corrected chi connectivity index (χ0v) is 23.0. The Morgan fingerprint density at radius 3 is 2.54 bits per heavy atom. The highest BCUT2D eigenvalue weighted by Crippen LogP contribution is 2.38. The molecule has 6 nitrogen and oxygen atoms in total. The molecule has 0 aliphatic carbocycles. The van der Waals surface area contributed by atoms with Crippen LogP contribution >= 0.6 is 50.3 Å². The van der Waals surface area contributed by atoms with Gasteiger partial charge in [-0.2, -0.15) is 5.26 Å². The Hall–Kier alpha value is -2.81. The van der Waals surface area contributed by atoms with E-state index in [1.165, 1.54) is 12.0 Å². The van der Waals surface area contributed by atoms with E-state index < -0.39 is 0 Å². The van der Waals surface area contributed by atoms with Gasteiger partial charge in [0.1, 0.15) is 6.61 Å². The molecule has 1 heterocycles. The van der Waals surface area contributed by atoms with Gasteiger partial charge in [0, 0.05) is 10.0 Å². The highest BCUT2D eigenvalue weighted by Gasteiger charge is 2.35. The van der Waals surface area contributed by atoms with Crippen LogP contribution in [-0.2, 0) is 17.9 Å². The average Bonchev–Trinajstić information content (AvgIpc) is 3.11. The monoisotopic (exact) mass is 660 g/mol. The molecule has 0 unspecified atom stereocenters. The van der Waals surface area contributed by atoms with E-state index in [0.717, 1.165) is 30.9 Å². The number of halogens is 2. The maximum absolute atomic E-state index is 13.0. The summed E-state index contributed by atoms with van der Waals surface area (Å²) in [5, 5.41) is 8.99. The SMILES string of the molecule is COc1cc(/C=C2\SC(=O)N(Cc3ccccc3Br)C2=O)cc(I)c1OCc1ccccc1C#N. The second kappa shape index (κ2) is 11.3. The van der Waals surface area contributed by atoms with Crippen LogP contribution in [0.1, 0.15) is 22.3 Å². The minimum Gasteiger partial charge on any atom is -0.493 e. The molecule has 3 aromatic rings. The van der Waals surface area contributed by atoms with Gasteiger partial charge in [-0.05, 0) is 75.8 Å². The fraction of sp³-hybridized carbons (Fsp3) is 0.115. The predicted octanol–water partition coefficient (Wildman–Crippen LogP) is 6.75. The summed E-state index contributed by atoms with van der Waals surface area (Å²) in [7, 11) is 1.54. The van der Waals surface area contributed by atoms with Crippen molar-refractivity contribution < 1.29 is 19.1 Å². The van der Waals surface area contributed by atoms with E-state index in [4.69, 9.17) is 9.47 Å². The molecule has 0 aromatic heterocycles. The quantitative estimate of drug-likeness (QED) is 0.206. The third-order valence-electron chi connectivity index (χ3n) is 5.22. The van der Waals surface area contributed by atoms with Crippen molar-refractivity contribution in [3.05, 3.63) is 95.9 Å². The number of imide groups is 1. The fourth-order valence-corrected chi connectivity index (χ4v) is 5.48. The maximum atomic E-state index is 13.0. The molecule has 0 N–H and O–H groups in total. The van der Waals surface area contributed by atoms with E-state index in [1.807, 2.05) is 48.5 Å². The Morgan fingerprint density at radius 1 is 1.11 bits per heavy atom. The van der Waals surface area contributed by atoms with E-state index in [1.54, 1.807) is 18.2 Å².